The fraction of sp³-hybridized carbons (Fsp3) is 0.385. The van der Waals surface area contributed by atoms with Crippen LogP contribution in [-0.2, 0) is 6.42 Å². The van der Waals surface area contributed by atoms with Gasteiger partial charge in [0, 0.05) is 4.88 Å². The van der Waals surface area contributed by atoms with Gasteiger partial charge in [0.25, 0.3) is 0 Å². The van der Waals surface area contributed by atoms with Crippen LogP contribution in [0, 0.1) is 0 Å². The molecule has 2 rings (SSSR count). The Balaban J connectivity index is 2.27. The number of hydrogen-bond acceptors (Lipinski definition) is 6. The topological polar surface area (TPSA) is 73.1 Å². The first kappa shape index (κ1) is 13.8. The molecule has 0 unspecified atom stereocenters. The lowest BCUT2D eigenvalue weighted by atomic mass is 10.3. The number of aromatic nitrogens is 2. The molecule has 0 saturated carbocycles. The number of hydrazine groups is 1. The molecule has 102 valence electrons. The minimum atomic E-state index is 0.385. The molecule has 0 radical (unpaired) electrons. The summed E-state index contributed by atoms with van der Waals surface area (Å²) in [4.78, 5) is 10.8. The van der Waals surface area contributed by atoms with Crippen molar-refractivity contribution in [1.29, 1.82) is 0 Å². The van der Waals surface area contributed by atoms with Crippen molar-refractivity contribution in [1.82, 2.24) is 9.97 Å². The van der Waals surface area contributed by atoms with Crippen LogP contribution in [0.25, 0.3) is 10.2 Å². The molecule has 2 aromatic heterocycles. The summed E-state index contributed by atoms with van der Waals surface area (Å²) in [5.41, 5.74) is 2.48. The second-order valence-corrected chi connectivity index (χ2v) is 5.18. The number of hydrogen-bond donors (Lipinski definition) is 2. The fourth-order valence-electron chi connectivity index (χ4n) is 1.69. The minimum Gasteiger partial charge on any atom is -0.477 e. The lowest BCUT2D eigenvalue weighted by molar-refractivity contribution is 0.304. The van der Waals surface area contributed by atoms with Crippen molar-refractivity contribution < 1.29 is 4.74 Å². The summed E-state index contributed by atoms with van der Waals surface area (Å²) in [6.07, 6.45) is 4.71. The van der Waals surface area contributed by atoms with Crippen LogP contribution in [0.5, 0.6) is 5.88 Å². The van der Waals surface area contributed by atoms with Gasteiger partial charge in [0.1, 0.15) is 4.83 Å². The van der Waals surface area contributed by atoms with E-state index < -0.39 is 0 Å². The van der Waals surface area contributed by atoms with Gasteiger partial charge >= 0.3 is 0 Å². The van der Waals surface area contributed by atoms with E-state index in [1.54, 1.807) is 11.3 Å². The smallest absolute Gasteiger partial charge is 0.241 e. The molecule has 0 aliphatic rings. The average Bonchev–Trinajstić information content (AvgIpc) is 2.86. The number of unbranched alkanes of at least 4 members (excludes halogenated alkanes) is 1. The summed E-state index contributed by atoms with van der Waals surface area (Å²) in [6.45, 7) is 6.42. The van der Waals surface area contributed by atoms with E-state index in [2.05, 4.69) is 35.0 Å². The number of aryl methyl sites for hydroxylation is 1. The maximum atomic E-state index is 5.73. The third kappa shape index (κ3) is 3.21. The highest BCUT2D eigenvalue weighted by Gasteiger charge is 2.12. The van der Waals surface area contributed by atoms with Gasteiger partial charge in [-0.3, -0.25) is 5.43 Å². The average molecular weight is 278 g/mol. The van der Waals surface area contributed by atoms with Gasteiger partial charge in [0.15, 0.2) is 0 Å². The Labute approximate surface area is 116 Å². The highest BCUT2D eigenvalue weighted by atomic mass is 32.1. The molecular formula is C13H18N4OS. The molecule has 5 nitrogen and oxygen atoms in total. The van der Waals surface area contributed by atoms with Gasteiger partial charge < -0.3 is 4.74 Å². The Hall–Kier alpha value is -1.66. The fourth-order valence-corrected chi connectivity index (χ4v) is 2.65. The molecular weight excluding hydrogens is 260 g/mol. The van der Waals surface area contributed by atoms with Gasteiger partial charge in [-0.2, -0.15) is 4.98 Å². The monoisotopic (exact) mass is 278 g/mol. The summed E-state index contributed by atoms with van der Waals surface area (Å²) in [5.74, 6) is 6.37. The zero-order valence-electron chi connectivity index (χ0n) is 11.0. The number of ether oxygens (including phenoxy) is 1. The quantitative estimate of drug-likeness (QED) is 0.352. The predicted molar refractivity (Wildman–Crippen MR) is 79.5 cm³/mol. The highest BCUT2D eigenvalue weighted by molar-refractivity contribution is 7.18. The third-order valence-electron chi connectivity index (χ3n) is 2.68. The van der Waals surface area contributed by atoms with E-state index in [9.17, 15) is 0 Å². The first-order valence-corrected chi connectivity index (χ1v) is 7.11. The molecule has 0 spiro atoms. The number of nitrogens with one attached hydrogen (secondary N) is 1. The van der Waals surface area contributed by atoms with E-state index >= 15 is 0 Å². The molecule has 0 aromatic carbocycles. The van der Waals surface area contributed by atoms with Gasteiger partial charge in [-0.1, -0.05) is 13.0 Å². The zero-order valence-corrected chi connectivity index (χ0v) is 11.8. The zero-order chi connectivity index (χ0) is 13.7. The van der Waals surface area contributed by atoms with Crippen molar-refractivity contribution in [2.45, 2.75) is 26.2 Å². The number of nitrogens with zero attached hydrogens (tertiary/aromatic N) is 2. The standard InChI is InChI=1S/C13H18N4OS/c1-3-5-6-7-18-11-10-8-9(4-2)19-12(10)16-13(15-11)17-14/h3,8H,1,4-7,14H2,2H3,(H,15,16,17). The molecule has 0 aliphatic carbocycles. The summed E-state index contributed by atoms with van der Waals surface area (Å²) >= 11 is 1.64. The number of nitrogen functional groups attached to an aromatic ring is 1. The number of fused-ring (bicyclic) bond motifs is 1. The van der Waals surface area contributed by atoms with Gasteiger partial charge in [0.2, 0.25) is 11.8 Å². The van der Waals surface area contributed by atoms with E-state index in [1.807, 2.05) is 6.08 Å². The molecule has 0 fully saturated rings. The van der Waals surface area contributed by atoms with Crippen LogP contribution in [0.2, 0.25) is 0 Å². The Morgan fingerprint density at radius 1 is 1.53 bits per heavy atom. The Morgan fingerprint density at radius 3 is 3.05 bits per heavy atom. The molecule has 3 N–H and O–H groups in total. The van der Waals surface area contributed by atoms with E-state index in [1.165, 1.54) is 4.88 Å². The Morgan fingerprint density at radius 2 is 2.37 bits per heavy atom. The molecule has 0 saturated heterocycles. The molecule has 0 bridgehead atoms. The largest absolute Gasteiger partial charge is 0.477 e. The second kappa shape index (κ2) is 6.49. The van der Waals surface area contributed by atoms with Crippen LogP contribution in [0.1, 0.15) is 24.6 Å². The summed E-state index contributed by atoms with van der Waals surface area (Å²) in [5, 5.41) is 0.958. The Kier molecular flexibility index (Phi) is 4.70. The molecule has 0 atom stereocenters. The number of nitrogens with two attached hydrogens (primary N) is 1. The molecule has 0 amide bonds. The first-order valence-electron chi connectivity index (χ1n) is 6.29. The lowest BCUT2D eigenvalue weighted by Crippen LogP contribution is -2.11. The van der Waals surface area contributed by atoms with Gasteiger partial charge in [-0.05, 0) is 25.3 Å². The van der Waals surface area contributed by atoms with Crippen molar-refractivity contribution in [3.8, 4) is 5.88 Å². The lowest BCUT2D eigenvalue weighted by Gasteiger charge is -2.07. The van der Waals surface area contributed by atoms with E-state index in [-0.39, 0.29) is 0 Å². The molecule has 6 heteroatoms. The van der Waals surface area contributed by atoms with Crippen molar-refractivity contribution in [3.63, 3.8) is 0 Å². The third-order valence-corrected chi connectivity index (χ3v) is 3.85. The highest BCUT2D eigenvalue weighted by Crippen LogP contribution is 2.31. The van der Waals surface area contributed by atoms with E-state index in [0.29, 0.717) is 18.4 Å². The number of allylic oxidation sites excluding steroid dienone is 1. The van der Waals surface area contributed by atoms with Gasteiger partial charge in [-0.15, -0.1) is 17.9 Å². The molecule has 0 aliphatic heterocycles. The normalized spacial score (nSPS) is 10.6. The van der Waals surface area contributed by atoms with Gasteiger partial charge in [-0.25, -0.2) is 10.8 Å². The Bertz CT molecular complexity index is 567. The van der Waals surface area contributed by atoms with Crippen LogP contribution >= 0.6 is 11.3 Å². The van der Waals surface area contributed by atoms with Crippen LogP contribution in [-0.4, -0.2) is 16.6 Å². The van der Waals surface area contributed by atoms with Crippen molar-refractivity contribution in [2.75, 3.05) is 12.0 Å². The van der Waals surface area contributed by atoms with E-state index in [0.717, 1.165) is 29.5 Å². The summed E-state index contributed by atoms with van der Waals surface area (Å²) in [7, 11) is 0. The number of rotatable bonds is 7. The number of anilines is 1. The van der Waals surface area contributed by atoms with Crippen molar-refractivity contribution in [3.05, 3.63) is 23.6 Å². The molecule has 2 aromatic rings. The van der Waals surface area contributed by atoms with Crippen LogP contribution in [0.4, 0.5) is 5.95 Å². The van der Waals surface area contributed by atoms with Crippen LogP contribution in [0.3, 0.4) is 0 Å². The van der Waals surface area contributed by atoms with Gasteiger partial charge in [0.05, 0.1) is 12.0 Å². The number of thiophene rings is 1. The molecule has 19 heavy (non-hydrogen) atoms. The maximum Gasteiger partial charge on any atom is 0.241 e. The predicted octanol–water partition coefficient (Wildman–Crippen LogP) is 2.88. The maximum absolute atomic E-state index is 5.73. The van der Waals surface area contributed by atoms with Crippen molar-refractivity contribution in [2.24, 2.45) is 5.84 Å². The van der Waals surface area contributed by atoms with E-state index in [4.69, 9.17) is 10.6 Å². The SMILES string of the molecule is C=CCCCOc1nc(NN)nc2sc(CC)cc12. The van der Waals surface area contributed by atoms with Crippen LogP contribution < -0.4 is 16.0 Å². The minimum absolute atomic E-state index is 0.385. The van der Waals surface area contributed by atoms with Crippen LogP contribution in [0.15, 0.2) is 18.7 Å². The second-order valence-electron chi connectivity index (χ2n) is 4.06. The molecule has 2 heterocycles. The van der Waals surface area contributed by atoms with Crippen molar-refractivity contribution >= 4 is 27.5 Å². The first-order chi connectivity index (χ1) is 9.28. The summed E-state index contributed by atoms with van der Waals surface area (Å²) in [6, 6.07) is 2.09. The summed E-state index contributed by atoms with van der Waals surface area (Å²) < 4.78 is 5.73.